The van der Waals surface area contributed by atoms with Crippen LogP contribution in [0, 0.1) is 5.41 Å². The van der Waals surface area contributed by atoms with Crippen molar-refractivity contribution < 1.29 is 9.90 Å². The summed E-state index contributed by atoms with van der Waals surface area (Å²) in [4.78, 5) is 28.2. The molecule has 0 spiro atoms. The Morgan fingerprint density at radius 2 is 2.20 bits per heavy atom. The van der Waals surface area contributed by atoms with Gasteiger partial charge in [0, 0.05) is 25.8 Å². The lowest BCUT2D eigenvalue weighted by Crippen LogP contribution is -2.45. The first-order valence-electron chi connectivity index (χ1n) is 8.27. The molecule has 2 aromatic heterocycles. The molecule has 8 heteroatoms. The number of rotatable bonds is 3. The minimum absolute atomic E-state index is 0.0794. The summed E-state index contributed by atoms with van der Waals surface area (Å²) >= 11 is 6.06. The van der Waals surface area contributed by atoms with Gasteiger partial charge >= 0.3 is 6.09 Å². The summed E-state index contributed by atoms with van der Waals surface area (Å²) in [6.07, 6.45) is 1.56. The first kappa shape index (κ1) is 17.7. The molecule has 2 aromatic rings. The molecule has 0 unspecified atom stereocenters. The third kappa shape index (κ3) is 3.92. The molecular formula is C17H22ClN5O2. The average molecular weight is 364 g/mol. The van der Waals surface area contributed by atoms with E-state index in [0.717, 1.165) is 6.42 Å². The van der Waals surface area contributed by atoms with E-state index >= 15 is 0 Å². The standard InChI is InChI=1S/C17H22ClN5O2/c1-17(2,3)10-23(16(24)25)11-6-8-22(9-11)14-13-12(5-4-7-19-13)20-15(18)21-14/h4-5,7,11H,6,8-10H2,1-3H3,(H,24,25)/t11-/m0/s1. The van der Waals surface area contributed by atoms with Gasteiger partial charge in [-0.3, -0.25) is 4.98 Å². The second-order valence-electron chi connectivity index (χ2n) is 7.55. The normalized spacial score (nSPS) is 17.9. The number of aromatic nitrogens is 3. The molecule has 25 heavy (non-hydrogen) atoms. The number of nitrogens with zero attached hydrogens (tertiary/aromatic N) is 5. The van der Waals surface area contributed by atoms with Crippen molar-refractivity contribution in [3.05, 3.63) is 23.6 Å². The smallest absolute Gasteiger partial charge is 0.407 e. The van der Waals surface area contributed by atoms with E-state index in [-0.39, 0.29) is 16.7 Å². The molecule has 1 N–H and O–H groups in total. The third-order valence-electron chi connectivity index (χ3n) is 4.20. The van der Waals surface area contributed by atoms with Crippen molar-refractivity contribution in [3.63, 3.8) is 0 Å². The monoisotopic (exact) mass is 363 g/mol. The first-order chi connectivity index (χ1) is 11.7. The number of carboxylic acid groups (broad SMARTS) is 1. The maximum absolute atomic E-state index is 11.7. The van der Waals surface area contributed by atoms with Crippen molar-refractivity contribution in [2.45, 2.75) is 33.2 Å². The fraction of sp³-hybridized carbons (Fsp3) is 0.529. The Morgan fingerprint density at radius 3 is 2.88 bits per heavy atom. The zero-order valence-electron chi connectivity index (χ0n) is 14.6. The predicted octanol–water partition coefficient (Wildman–Crippen LogP) is 3.28. The van der Waals surface area contributed by atoms with Crippen molar-refractivity contribution >= 4 is 34.5 Å². The van der Waals surface area contributed by atoms with Crippen molar-refractivity contribution in [3.8, 4) is 0 Å². The molecular weight excluding hydrogens is 342 g/mol. The molecule has 0 aliphatic carbocycles. The van der Waals surface area contributed by atoms with Gasteiger partial charge < -0.3 is 14.9 Å². The third-order valence-corrected chi connectivity index (χ3v) is 4.37. The lowest BCUT2D eigenvalue weighted by Gasteiger charge is -2.32. The molecule has 1 amide bonds. The average Bonchev–Trinajstić information content (AvgIpc) is 3.00. The summed E-state index contributed by atoms with van der Waals surface area (Å²) in [5.74, 6) is 0.666. The lowest BCUT2D eigenvalue weighted by atomic mass is 9.95. The van der Waals surface area contributed by atoms with Crippen molar-refractivity contribution in [1.82, 2.24) is 19.9 Å². The number of hydrogen-bond donors (Lipinski definition) is 1. The van der Waals surface area contributed by atoms with Crippen LogP contribution in [0.2, 0.25) is 5.28 Å². The Balaban J connectivity index is 1.86. The Kier molecular flexibility index (Phi) is 4.69. The first-order valence-corrected chi connectivity index (χ1v) is 8.65. The van der Waals surface area contributed by atoms with Crippen LogP contribution in [0.4, 0.5) is 10.6 Å². The maximum atomic E-state index is 11.7. The number of fused-ring (bicyclic) bond motifs is 1. The number of pyridine rings is 1. The Hall–Kier alpha value is -2.15. The van der Waals surface area contributed by atoms with E-state index < -0.39 is 6.09 Å². The summed E-state index contributed by atoms with van der Waals surface area (Å²) in [7, 11) is 0. The van der Waals surface area contributed by atoms with Crippen LogP contribution in [0.25, 0.3) is 11.0 Å². The highest BCUT2D eigenvalue weighted by Crippen LogP contribution is 2.29. The number of anilines is 1. The predicted molar refractivity (Wildman–Crippen MR) is 97.1 cm³/mol. The summed E-state index contributed by atoms with van der Waals surface area (Å²) in [6, 6.07) is 3.57. The van der Waals surface area contributed by atoms with Gasteiger partial charge in [-0.25, -0.2) is 9.78 Å². The number of halogens is 1. The Morgan fingerprint density at radius 1 is 1.44 bits per heavy atom. The van der Waals surface area contributed by atoms with Gasteiger partial charge in [-0.15, -0.1) is 0 Å². The van der Waals surface area contributed by atoms with Crippen LogP contribution >= 0.6 is 11.6 Å². The second-order valence-corrected chi connectivity index (χ2v) is 7.89. The van der Waals surface area contributed by atoms with E-state index in [2.05, 4.69) is 15.0 Å². The summed E-state index contributed by atoms with van der Waals surface area (Å²) in [6.45, 7) is 7.88. The van der Waals surface area contributed by atoms with Crippen LogP contribution in [0.5, 0.6) is 0 Å². The molecule has 0 radical (unpaired) electrons. The SMILES string of the molecule is CC(C)(C)CN(C(=O)O)[C@H]1CCN(c2nc(Cl)nc3cccnc23)C1. The molecule has 1 saturated heterocycles. The molecule has 1 aliphatic rings. The van der Waals surface area contributed by atoms with Gasteiger partial charge in [0.25, 0.3) is 0 Å². The number of amides is 1. The van der Waals surface area contributed by atoms with Crippen molar-refractivity contribution in [2.75, 3.05) is 24.5 Å². The molecule has 0 saturated carbocycles. The van der Waals surface area contributed by atoms with Gasteiger partial charge in [0.2, 0.25) is 5.28 Å². The minimum atomic E-state index is -0.884. The summed E-state index contributed by atoms with van der Waals surface area (Å²) < 4.78 is 0. The summed E-state index contributed by atoms with van der Waals surface area (Å²) in [5.41, 5.74) is 1.27. The Labute approximate surface area is 151 Å². The van der Waals surface area contributed by atoms with Gasteiger partial charge in [-0.2, -0.15) is 4.98 Å². The molecule has 1 aliphatic heterocycles. The molecule has 0 bridgehead atoms. The molecule has 3 rings (SSSR count). The van der Waals surface area contributed by atoms with Crippen LogP contribution in [0.15, 0.2) is 18.3 Å². The van der Waals surface area contributed by atoms with Gasteiger partial charge in [-0.1, -0.05) is 20.8 Å². The van der Waals surface area contributed by atoms with Crippen LogP contribution in [-0.4, -0.2) is 56.7 Å². The molecule has 134 valence electrons. The summed E-state index contributed by atoms with van der Waals surface area (Å²) in [5, 5.41) is 9.79. The molecule has 0 aromatic carbocycles. The van der Waals surface area contributed by atoms with Gasteiger partial charge in [-0.05, 0) is 35.6 Å². The minimum Gasteiger partial charge on any atom is -0.465 e. The van der Waals surface area contributed by atoms with Crippen LogP contribution < -0.4 is 4.90 Å². The van der Waals surface area contributed by atoms with Crippen LogP contribution in [-0.2, 0) is 0 Å². The zero-order chi connectivity index (χ0) is 18.2. The van der Waals surface area contributed by atoms with Crippen LogP contribution in [0.1, 0.15) is 27.2 Å². The highest BCUT2D eigenvalue weighted by atomic mass is 35.5. The highest BCUT2D eigenvalue weighted by Gasteiger charge is 2.34. The maximum Gasteiger partial charge on any atom is 0.407 e. The molecule has 7 nitrogen and oxygen atoms in total. The zero-order valence-corrected chi connectivity index (χ0v) is 15.4. The lowest BCUT2D eigenvalue weighted by molar-refractivity contribution is 0.107. The fourth-order valence-electron chi connectivity index (χ4n) is 3.20. The van der Waals surface area contributed by atoms with E-state index in [4.69, 9.17) is 11.6 Å². The van der Waals surface area contributed by atoms with E-state index in [1.165, 1.54) is 0 Å². The molecule has 3 heterocycles. The second kappa shape index (κ2) is 6.63. The van der Waals surface area contributed by atoms with E-state index in [0.29, 0.717) is 36.5 Å². The topological polar surface area (TPSA) is 82.5 Å². The number of carbonyl (C=O) groups is 1. The van der Waals surface area contributed by atoms with Crippen molar-refractivity contribution in [1.29, 1.82) is 0 Å². The van der Waals surface area contributed by atoms with E-state index in [1.54, 1.807) is 17.2 Å². The fourth-order valence-corrected chi connectivity index (χ4v) is 3.37. The molecule has 1 atom stereocenters. The van der Waals surface area contributed by atoms with E-state index in [9.17, 15) is 9.90 Å². The molecule has 1 fully saturated rings. The number of hydrogen-bond acceptors (Lipinski definition) is 5. The Bertz CT molecular complexity index is 792. The largest absolute Gasteiger partial charge is 0.465 e. The quantitative estimate of drug-likeness (QED) is 0.842. The van der Waals surface area contributed by atoms with Gasteiger partial charge in [0.15, 0.2) is 5.82 Å². The van der Waals surface area contributed by atoms with Crippen molar-refractivity contribution in [2.24, 2.45) is 5.41 Å². The van der Waals surface area contributed by atoms with E-state index in [1.807, 2.05) is 31.7 Å². The van der Waals surface area contributed by atoms with Gasteiger partial charge in [0.1, 0.15) is 5.52 Å². The van der Waals surface area contributed by atoms with Gasteiger partial charge in [0.05, 0.1) is 11.6 Å². The van der Waals surface area contributed by atoms with Crippen LogP contribution in [0.3, 0.4) is 0 Å². The highest BCUT2D eigenvalue weighted by molar-refractivity contribution is 6.28.